The number of benzene rings is 1. The zero-order valence-corrected chi connectivity index (χ0v) is 11.7. The van der Waals surface area contributed by atoms with Gasteiger partial charge in [0.1, 0.15) is 0 Å². The Kier molecular flexibility index (Phi) is 4.59. The highest BCUT2D eigenvalue weighted by molar-refractivity contribution is 5.76. The van der Waals surface area contributed by atoms with Crippen LogP contribution >= 0.6 is 0 Å². The maximum atomic E-state index is 11.6. The Morgan fingerprint density at radius 2 is 1.89 bits per heavy atom. The van der Waals surface area contributed by atoms with Crippen LogP contribution in [0.2, 0.25) is 0 Å². The van der Waals surface area contributed by atoms with Gasteiger partial charge >= 0.3 is 5.97 Å². The van der Waals surface area contributed by atoms with Crippen molar-refractivity contribution in [2.75, 3.05) is 13.1 Å². The van der Waals surface area contributed by atoms with E-state index in [1.807, 2.05) is 12.1 Å². The Bertz CT molecular complexity index is 419. The van der Waals surface area contributed by atoms with Crippen molar-refractivity contribution in [1.29, 1.82) is 0 Å². The van der Waals surface area contributed by atoms with E-state index in [9.17, 15) is 9.90 Å². The number of hydrogen-bond donors (Lipinski definition) is 2. The fourth-order valence-electron chi connectivity index (χ4n) is 2.87. The molecule has 19 heavy (non-hydrogen) atoms. The molecule has 0 radical (unpaired) electrons. The maximum Gasteiger partial charge on any atom is 0.311 e. The summed E-state index contributed by atoms with van der Waals surface area (Å²) in [5.74, 6) is -0.398. The van der Waals surface area contributed by atoms with E-state index >= 15 is 0 Å². The summed E-state index contributed by atoms with van der Waals surface area (Å²) < 4.78 is 0. The van der Waals surface area contributed by atoms with E-state index in [0.717, 1.165) is 31.5 Å². The molecule has 1 aliphatic heterocycles. The van der Waals surface area contributed by atoms with Gasteiger partial charge in [-0.2, -0.15) is 0 Å². The molecular weight excluding hydrogens is 238 g/mol. The van der Waals surface area contributed by atoms with Crippen LogP contribution in [-0.4, -0.2) is 24.2 Å². The molecule has 0 bridgehead atoms. The maximum absolute atomic E-state index is 11.6. The lowest BCUT2D eigenvalue weighted by molar-refractivity contribution is -0.140. The highest BCUT2D eigenvalue weighted by Crippen LogP contribution is 2.30. The summed E-state index contributed by atoms with van der Waals surface area (Å²) in [5, 5.41) is 12.8. The summed E-state index contributed by atoms with van der Waals surface area (Å²) in [7, 11) is 0. The second-order valence-corrected chi connectivity index (χ2v) is 5.74. The van der Waals surface area contributed by atoms with Crippen LogP contribution in [0.5, 0.6) is 0 Å². The van der Waals surface area contributed by atoms with Gasteiger partial charge in [0.15, 0.2) is 0 Å². The van der Waals surface area contributed by atoms with Gasteiger partial charge in [-0.05, 0) is 48.9 Å². The third-order valence-electron chi connectivity index (χ3n) is 4.03. The van der Waals surface area contributed by atoms with E-state index < -0.39 is 5.97 Å². The third-order valence-corrected chi connectivity index (χ3v) is 4.03. The molecule has 1 saturated heterocycles. The van der Waals surface area contributed by atoms with Crippen LogP contribution in [-0.2, 0) is 4.79 Å². The first-order valence-electron chi connectivity index (χ1n) is 7.13. The van der Waals surface area contributed by atoms with Crippen molar-refractivity contribution in [2.24, 2.45) is 5.92 Å². The normalized spacial score (nSPS) is 21.3. The SMILES string of the molecule is CC(C)c1ccc(C(C(=O)O)C2CCCNC2)cc1. The van der Waals surface area contributed by atoms with Crippen LogP contribution in [0.15, 0.2) is 24.3 Å². The molecule has 3 nitrogen and oxygen atoms in total. The zero-order chi connectivity index (χ0) is 13.8. The van der Waals surface area contributed by atoms with Crippen LogP contribution < -0.4 is 5.32 Å². The molecule has 104 valence electrons. The van der Waals surface area contributed by atoms with Crippen LogP contribution in [0.4, 0.5) is 0 Å². The molecule has 0 spiro atoms. The van der Waals surface area contributed by atoms with Crippen molar-refractivity contribution >= 4 is 5.97 Å². The molecule has 2 atom stereocenters. The molecule has 1 fully saturated rings. The van der Waals surface area contributed by atoms with Crippen molar-refractivity contribution in [3.8, 4) is 0 Å². The van der Waals surface area contributed by atoms with Gasteiger partial charge in [0, 0.05) is 0 Å². The predicted molar refractivity (Wildman–Crippen MR) is 76.5 cm³/mol. The predicted octanol–water partition coefficient (Wildman–Crippen LogP) is 2.98. The van der Waals surface area contributed by atoms with Gasteiger partial charge in [0.2, 0.25) is 0 Å². The number of rotatable bonds is 4. The molecule has 0 aromatic heterocycles. The number of carboxylic acids is 1. The summed E-state index contributed by atoms with van der Waals surface area (Å²) in [5.41, 5.74) is 2.19. The lowest BCUT2D eigenvalue weighted by atomic mass is 9.81. The van der Waals surface area contributed by atoms with Crippen LogP contribution in [0.25, 0.3) is 0 Å². The van der Waals surface area contributed by atoms with Gasteiger partial charge in [0.25, 0.3) is 0 Å². The summed E-state index contributed by atoms with van der Waals surface area (Å²) in [6, 6.07) is 8.10. The Balaban J connectivity index is 2.20. The van der Waals surface area contributed by atoms with Gasteiger partial charge in [-0.15, -0.1) is 0 Å². The first kappa shape index (κ1) is 14.1. The fraction of sp³-hybridized carbons (Fsp3) is 0.562. The molecule has 2 N–H and O–H groups in total. The first-order valence-corrected chi connectivity index (χ1v) is 7.13. The van der Waals surface area contributed by atoms with Crippen LogP contribution in [0.1, 0.15) is 49.7 Å². The third kappa shape index (κ3) is 3.35. The molecular formula is C16H23NO2. The van der Waals surface area contributed by atoms with Crippen molar-refractivity contribution in [3.05, 3.63) is 35.4 Å². The van der Waals surface area contributed by atoms with E-state index in [-0.39, 0.29) is 11.8 Å². The molecule has 1 aliphatic rings. The van der Waals surface area contributed by atoms with E-state index in [0.29, 0.717) is 5.92 Å². The molecule has 0 saturated carbocycles. The molecule has 1 heterocycles. The molecule has 1 aromatic rings. The molecule has 0 aliphatic carbocycles. The van der Waals surface area contributed by atoms with Crippen molar-refractivity contribution in [2.45, 2.75) is 38.5 Å². The first-order chi connectivity index (χ1) is 9.09. The van der Waals surface area contributed by atoms with Gasteiger partial charge < -0.3 is 10.4 Å². The van der Waals surface area contributed by atoms with E-state index in [4.69, 9.17) is 0 Å². The Morgan fingerprint density at radius 1 is 1.26 bits per heavy atom. The fourth-order valence-corrected chi connectivity index (χ4v) is 2.87. The largest absolute Gasteiger partial charge is 0.481 e. The van der Waals surface area contributed by atoms with Crippen molar-refractivity contribution in [1.82, 2.24) is 5.32 Å². The second-order valence-electron chi connectivity index (χ2n) is 5.74. The molecule has 2 unspecified atom stereocenters. The molecule has 3 heteroatoms. The topological polar surface area (TPSA) is 49.3 Å². The zero-order valence-electron chi connectivity index (χ0n) is 11.7. The monoisotopic (exact) mass is 261 g/mol. The number of nitrogens with one attached hydrogen (secondary N) is 1. The summed E-state index contributed by atoms with van der Waals surface area (Å²) in [4.78, 5) is 11.6. The number of piperidine rings is 1. The molecule has 0 amide bonds. The summed E-state index contributed by atoms with van der Waals surface area (Å²) >= 11 is 0. The van der Waals surface area contributed by atoms with E-state index in [2.05, 4.69) is 31.3 Å². The number of carboxylic acid groups (broad SMARTS) is 1. The lowest BCUT2D eigenvalue weighted by Crippen LogP contribution is -2.36. The number of carbonyl (C=O) groups is 1. The number of hydrogen-bond acceptors (Lipinski definition) is 2. The van der Waals surface area contributed by atoms with Gasteiger partial charge in [-0.3, -0.25) is 4.79 Å². The Labute approximate surface area is 115 Å². The Hall–Kier alpha value is -1.35. The molecule has 2 rings (SSSR count). The molecule has 1 aromatic carbocycles. The smallest absolute Gasteiger partial charge is 0.311 e. The van der Waals surface area contributed by atoms with Crippen molar-refractivity contribution in [3.63, 3.8) is 0 Å². The van der Waals surface area contributed by atoms with E-state index in [1.54, 1.807) is 0 Å². The van der Waals surface area contributed by atoms with Crippen LogP contribution in [0.3, 0.4) is 0 Å². The standard InChI is InChI=1S/C16H23NO2/c1-11(2)12-5-7-13(8-6-12)15(16(18)19)14-4-3-9-17-10-14/h5-8,11,14-15,17H,3-4,9-10H2,1-2H3,(H,18,19). The minimum Gasteiger partial charge on any atom is -0.481 e. The minimum absolute atomic E-state index is 0.205. The minimum atomic E-state index is -0.703. The van der Waals surface area contributed by atoms with Crippen LogP contribution in [0, 0.1) is 5.92 Å². The average Bonchev–Trinajstić information content (AvgIpc) is 2.40. The Morgan fingerprint density at radius 3 is 2.37 bits per heavy atom. The van der Waals surface area contributed by atoms with Gasteiger partial charge in [-0.1, -0.05) is 38.1 Å². The van der Waals surface area contributed by atoms with E-state index in [1.165, 1.54) is 5.56 Å². The lowest BCUT2D eigenvalue weighted by Gasteiger charge is -2.28. The summed E-state index contributed by atoms with van der Waals surface area (Å²) in [6.07, 6.45) is 2.06. The number of aliphatic carboxylic acids is 1. The van der Waals surface area contributed by atoms with Crippen molar-refractivity contribution < 1.29 is 9.90 Å². The quantitative estimate of drug-likeness (QED) is 0.876. The highest BCUT2D eigenvalue weighted by atomic mass is 16.4. The summed E-state index contributed by atoms with van der Waals surface area (Å²) in [6.45, 7) is 6.11. The van der Waals surface area contributed by atoms with Gasteiger partial charge in [0.05, 0.1) is 5.92 Å². The second kappa shape index (κ2) is 6.20. The highest BCUT2D eigenvalue weighted by Gasteiger charge is 2.30. The van der Waals surface area contributed by atoms with Gasteiger partial charge in [-0.25, -0.2) is 0 Å². The average molecular weight is 261 g/mol.